The molecule has 0 spiro atoms. The summed E-state index contributed by atoms with van der Waals surface area (Å²) in [4.78, 5) is 26.3. The number of carbonyl (C=O) groups is 2. The van der Waals surface area contributed by atoms with E-state index in [-0.39, 0.29) is 32.1 Å². The Hall–Kier alpha value is -2.05. The molecule has 0 aliphatic carbocycles. The monoisotopic (exact) mass is 300 g/mol. The van der Waals surface area contributed by atoms with Crippen molar-refractivity contribution >= 4 is 11.8 Å². The Morgan fingerprint density at radius 1 is 0.952 bits per heavy atom. The quantitative estimate of drug-likeness (QED) is 0.837. The van der Waals surface area contributed by atoms with Gasteiger partial charge in [0.25, 0.3) is 5.91 Å². The Bertz CT molecular complexity index is 509. The normalized spacial score (nSPS) is 16.0. The van der Waals surface area contributed by atoms with Gasteiger partial charge in [-0.15, -0.1) is 0 Å². The van der Waals surface area contributed by atoms with Crippen LogP contribution in [0.2, 0.25) is 0 Å². The van der Waals surface area contributed by atoms with E-state index in [0.29, 0.717) is 5.56 Å². The van der Waals surface area contributed by atoms with Gasteiger partial charge in [-0.3, -0.25) is 9.59 Å². The largest absolute Gasteiger partial charge is 0.397 e. The van der Waals surface area contributed by atoms with E-state index < -0.39 is 18.5 Å². The number of benzene rings is 1. The molecule has 1 aliphatic rings. The van der Waals surface area contributed by atoms with Gasteiger partial charge >= 0.3 is 6.18 Å². The van der Waals surface area contributed by atoms with E-state index in [1.54, 1.807) is 35.2 Å². The minimum Gasteiger partial charge on any atom is -0.339 e. The van der Waals surface area contributed by atoms with Crippen LogP contribution in [0.5, 0.6) is 0 Å². The molecule has 21 heavy (non-hydrogen) atoms. The summed E-state index contributed by atoms with van der Waals surface area (Å²) in [6, 6.07) is 8.66. The van der Waals surface area contributed by atoms with E-state index in [0.717, 1.165) is 4.90 Å². The van der Waals surface area contributed by atoms with E-state index in [9.17, 15) is 22.8 Å². The van der Waals surface area contributed by atoms with Crippen LogP contribution >= 0.6 is 0 Å². The van der Waals surface area contributed by atoms with E-state index in [1.165, 1.54) is 0 Å². The summed E-state index contributed by atoms with van der Waals surface area (Å²) in [7, 11) is 0. The van der Waals surface area contributed by atoms with Crippen molar-refractivity contribution in [3.8, 4) is 0 Å². The molecule has 1 aliphatic heterocycles. The molecule has 1 fully saturated rings. The summed E-state index contributed by atoms with van der Waals surface area (Å²) in [6.45, 7) is 0.760. The molecule has 1 aromatic carbocycles. The van der Waals surface area contributed by atoms with E-state index >= 15 is 0 Å². The highest BCUT2D eigenvalue weighted by atomic mass is 19.4. The predicted molar refractivity (Wildman–Crippen MR) is 69.6 cm³/mol. The molecule has 0 N–H and O–H groups in total. The van der Waals surface area contributed by atoms with E-state index in [4.69, 9.17) is 0 Å². The molecule has 0 atom stereocenters. The number of amides is 2. The first-order valence-electron chi connectivity index (χ1n) is 6.56. The summed E-state index contributed by atoms with van der Waals surface area (Å²) < 4.78 is 36.5. The first-order valence-corrected chi connectivity index (χ1v) is 6.56. The molecule has 0 radical (unpaired) electrons. The maximum absolute atomic E-state index is 12.2. The second-order valence-electron chi connectivity index (χ2n) is 4.83. The van der Waals surface area contributed by atoms with Crippen molar-refractivity contribution in [3.05, 3.63) is 35.9 Å². The number of halogens is 3. The second-order valence-corrected chi connectivity index (χ2v) is 4.83. The van der Waals surface area contributed by atoms with Crippen LogP contribution < -0.4 is 0 Å². The smallest absolute Gasteiger partial charge is 0.339 e. The number of carbonyl (C=O) groups excluding carboxylic acids is 2. The van der Waals surface area contributed by atoms with Crippen molar-refractivity contribution in [1.82, 2.24) is 9.80 Å². The lowest BCUT2D eigenvalue weighted by Gasteiger charge is -2.35. The number of hydrogen-bond donors (Lipinski definition) is 0. The lowest BCUT2D eigenvalue weighted by atomic mass is 10.2. The molecule has 0 saturated carbocycles. The minimum absolute atomic E-state index is 0.132. The van der Waals surface area contributed by atoms with Crippen molar-refractivity contribution in [3.63, 3.8) is 0 Å². The van der Waals surface area contributed by atoms with Crippen LogP contribution in [-0.4, -0.2) is 54.0 Å². The summed E-state index contributed by atoms with van der Waals surface area (Å²) in [5.41, 5.74) is 0.535. The van der Waals surface area contributed by atoms with Crippen LogP contribution in [0.15, 0.2) is 30.3 Å². The maximum atomic E-state index is 12.2. The second kappa shape index (κ2) is 6.15. The average molecular weight is 300 g/mol. The van der Waals surface area contributed by atoms with Crippen molar-refractivity contribution in [2.75, 3.05) is 26.2 Å². The van der Waals surface area contributed by atoms with Gasteiger partial charge in [-0.25, -0.2) is 0 Å². The van der Waals surface area contributed by atoms with Gasteiger partial charge in [-0.2, -0.15) is 13.2 Å². The summed E-state index contributed by atoms with van der Waals surface area (Å²) in [6.07, 6.45) is -5.94. The Morgan fingerprint density at radius 3 is 2.00 bits per heavy atom. The van der Waals surface area contributed by atoms with Crippen LogP contribution in [0.25, 0.3) is 0 Å². The highest BCUT2D eigenvalue weighted by Crippen LogP contribution is 2.21. The molecule has 0 unspecified atom stereocenters. The third kappa shape index (κ3) is 4.21. The number of alkyl halides is 3. The molecule has 114 valence electrons. The molecule has 2 rings (SSSR count). The van der Waals surface area contributed by atoms with E-state index in [2.05, 4.69) is 0 Å². The van der Waals surface area contributed by atoms with Crippen LogP contribution in [0, 0.1) is 0 Å². The zero-order valence-corrected chi connectivity index (χ0v) is 11.3. The first kappa shape index (κ1) is 15.3. The summed E-state index contributed by atoms with van der Waals surface area (Å²) in [5.74, 6) is -1.10. The third-order valence-electron chi connectivity index (χ3n) is 3.29. The Morgan fingerprint density at radius 2 is 1.48 bits per heavy atom. The van der Waals surface area contributed by atoms with Gasteiger partial charge in [-0.1, -0.05) is 18.2 Å². The number of piperazine rings is 1. The first-order chi connectivity index (χ1) is 9.87. The van der Waals surface area contributed by atoms with Gasteiger partial charge in [0.1, 0.15) is 6.42 Å². The van der Waals surface area contributed by atoms with Crippen molar-refractivity contribution in [1.29, 1.82) is 0 Å². The molecule has 0 bridgehead atoms. The lowest BCUT2D eigenvalue weighted by molar-refractivity contribution is -0.162. The van der Waals surface area contributed by atoms with Crippen LogP contribution in [0.1, 0.15) is 16.8 Å². The Kier molecular flexibility index (Phi) is 4.50. The fourth-order valence-corrected chi connectivity index (χ4v) is 2.21. The highest BCUT2D eigenvalue weighted by molar-refractivity contribution is 5.94. The zero-order valence-electron chi connectivity index (χ0n) is 11.3. The van der Waals surface area contributed by atoms with Crippen LogP contribution in [0.3, 0.4) is 0 Å². The van der Waals surface area contributed by atoms with Crippen molar-refractivity contribution in [2.24, 2.45) is 0 Å². The standard InChI is InChI=1S/C14H15F3N2O2/c15-14(16,17)10-12(20)18-6-8-19(9-7-18)13(21)11-4-2-1-3-5-11/h1-5H,6-10H2. The SMILES string of the molecule is O=C(CC(F)(F)F)N1CCN(C(=O)c2ccccc2)CC1. The Labute approximate surface area is 120 Å². The maximum Gasteiger partial charge on any atom is 0.397 e. The fraction of sp³-hybridized carbons (Fsp3) is 0.429. The predicted octanol–water partition coefficient (Wildman–Crippen LogP) is 1.92. The Balaban J connectivity index is 1.89. The highest BCUT2D eigenvalue weighted by Gasteiger charge is 2.34. The van der Waals surface area contributed by atoms with Crippen LogP contribution in [0.4, 0.5) is 13.2 Å². The molecule has 1 saturated heterocycles. The number of rotatable bonds is 2. The molecular weight excluding hydrogens is 285 g/mol. The summed E-state index contributed by atoms with van der Waals surface area (Å²) >= 11 is 0. The molecule has 2 amide bonds. The van der Waals surface area contributed by atoms with Crippen molar-refractivity contribution in [2.45, 2.75) is 12.6 Å². The number of hydrogen-bond acceptors (Lipinski definition) is 2. The van der Waals surface area contributed by atoms with Crippen LogP contribution in [-0.2, 0) is 4.79 Å². The van der Waals surface area contributed by atoms with Gasteiger partial charge in [0.2, 0.25) is 5.91 Å². The number of nitrogens with zero attached hydrogens (tertiary/aromatic N) is 2. The molecule has 4 nitrogen and oxygen atoms in total. The van der Waals surface area contributed by atoms with Gasteiger partial charge < -0.3 is 9.80 Å². The summed E-state index contributed by atoms with van der Waals surface area (Å²) in [5, 5.41) is 0. The van der Waals surface area contributed by atoms with Crippen molar-refractivity contribution < 1.29 is 22.8 Å². The fourth-order valence-electron chi connectivity index (χ4n) is 2.21. The van der Waals surface area contributed by atoms with Gasteiger partial charge in [-0.05, 0) is 12.1 Å². The van der Waals surface area contributed by atoms with E-state index in [1.807, 2.05) is 0 Å². The average Bonchev–Trinajstić information content (AvgIpc) is 2.46. The molecule has 1 heterocycles. The molecular formula is C14H15F3N2O2. The van der Waals surface area contributed by atoms with Gasteiger partial charge in [0.05, 0.1) is 0 Å². The molecule has 1 aromatic rings. The van der Waals surface area contributed by atoms with Gasteiger partial charge in [0, 0.05) is 31.7 Å². The molecule has 7 heteroatoms. The molecule has 0 aromatic heterocycles. The minimum atomic E-state index is -4.49. The van der Waals surface area contributed by atoms with Gasteiger partial charge in [0.15, 0.2) is 0 Å². The topological polar surface area (TPSA) is 40.6 Å². The zero-order chi connectivity index (χ0) is 15.5. The lowest BCUT2D eigenvalue weighted by Crippen LogP contribution is -2.51. The third-order valence-corrected chi connectivity index (χ3v) is 3.29.